The van der Waals surface area contributed by atoms with Crippen LogP contribution < -0.4 is 10.6 Å². The van der Waals surface area contributed by atoms with E-state index in [4.69, 9.17) is 0 Å². The molecule has 0 aromatic heterocycles. The van der Waals surface area contributed by atoms with Gasteiger partial charge in [-0.05, 0) is 25.2 Å². The van der Waals surface area contributed by atoms with E-state index in [1.165, 1.54) is 0 Å². The minimum absolute atomic E-state index is 0.0693. The van der Waals surface area contributed by atoms with Crippen LogP contribution in [0.4, 0.5) is 0 Å². The normalized spacial score (nSPS) is 33.1. The monoisotopic (exact) mass is 282 g/mol. The van der Waals surface area contributed by atoms with E-state index in [-0.39, 0.29) is 30.2 Å². The summed E-state index contributed by atoms with van der Waals surface area (Å²) in [5, 5.41) is 15.6. The SMILES string of the molecule is CC1CC1C(=O)NCCC(=O)NC1CCCCCC1O. The van der Waals surface area contributed by atoms with Gasteiger partial charge in [0, 0.05) is 18.9 Å². The lowest BCUT2D eigenvalue weighted by atomic mass is 10.1. The molecule has 0 bridgehead atoms. The fraction of sp³-hybridized carbons (Fsp3) is 0.867. The van der Waals surface area contributed by atoms with Crippen molar-refractivity contribution >= 4 is 11.8 Å². The molecule has 0 saturated heterocycles. The molecule has 0 spiro atoms. The first-order valence-corrected chi connectivity index (χ1v) is 7.83. The van der Waals surface area contributed by atoms with Crippen molar-refractivity contribution in [1.29, 1.82) is 0 Å². The molecule has 3 N–H and O–H groups in total. The highest BCUT2D eigenvalue weighted by molar-refractivity contribution is 5.82. The fourth-order valence-corrected chi connectivity index (χ4v) is 2.85. The Morgan fingerprint density at radius 3 is 2.60 bits per heavy atom. The number of nitrogens with one attached hydrogen (secondary N) is 2. The van der Waals surface area contributed by atoms with Gasteiger partial charge in [-0.3, -0.25) is 9.59 Å². The van der Waals surface area contributed by atoms with Gasteiger partial charge in [-0.15, -0.1) is 0 Å². The van der Waals surface area contributed by atoms with E-state index in [0.717, 1.165) is 38.5 Å². The second kappa shape index (κ2) is 7.07. The third-order valence-corrected chi connectivity index (χ3v) is 4.42. The van der Waals surface area contributed by atoms with Gasteiger partial charge in [0.15, 0.2) is 0 Å². The molecular formula is C15H26N2O3. The Balaban J connectivity index is 1.63. The smallest absolute Gasteiger partial charge is 0.223 e. The Morgan fingerprint density at radius 1 is 1.20 bits per heavy atom. The van der Waals surface area contributed by atoms with E-state index in [1.807, 2.05) is 0 Å². The second-order valence-electron chi connectivity index (χ2n) is 6.24. The van der Waals surface area contributed by atoms with Gasteiger partial charge in [-0.1, -0.05) is 26.2 Å². The van der Waals surface area contributed by atoms with Crippen LogP contribution in [0.2, 0.25) is 0 Å². The third kappa shape index (κ3) is 4.47. The highest BCUT2D eigenvalue weighted by atomic mass is 16.3. The molecule has 20 heavy (non-hydrogen) atoms. The Morgan fingerprint density at radius 2 is 1.90 bits per heavy atom. The summed E-state index contributed by atoms with van der Waals surface area (Å²) in [5.74, 6) is 0.631. The van der Waals surface area contributed by atoms with Crippen LogP contribution in [0.5, 0.6) is 0 Å². The maximum absolute atomic E-state index is 11.8. The van der Waals surface area contributed by atoms with Crippen molar-refractivity contribution in [3.63, 3.8) is 0 Å². The molecule has 0 aliphatic heterocycles. The number of hydrogen-bond donors (Lipinski definition) is 3. The maximum atomic E-state index is 11.8. The summed E-state index contributed by atoms with van der Waals surface area (Å²) in [6.45, 7) is 2.45. The molecule has 114 valence electrons. The highest BCUT2D eigenvalue weighted by Crippen LogP contribution is 2.37. The molecule has 0 radical (unpaired) electrons. The first kappa shape index (κ1) is 15.3. The lowest BCUT2D eigenvalue weighted by molar-refractivity contribution is -0.124. The van der Waals surface area contributed by atoms with Gasteiger partial charge in [0.2, 0.25) is 11.8 Å². The minimum atomic E-state index is -0.427. The summed E-state index contributed by atoms with van der Waals surface area (Å²) in [7, 11) is 0. The van der Waals surface area contributed by atoms with Crippen molar-refractivity contribution < 1.29 is 14.7 Å². The van der Waals surface area contributed by atoms with Gasteiger partial charge < -0.3 is 15.7 Å². The first-order valence-electron chi connectivity index (χ1n) is 7.83. The summed E-state index contributed by atoms with van der Waals surface area (Å²) in [6, 6.07) is -0.121. The minimum Gasteiger partial charge on any atom is -0.391 e. The predicted molar refractivity (Wildman–Crippen MR) is 75.9 cm³/mol. The zero-order chi connectivity index (χ0) is 14.5. The van der Waals surface area contributed by atoms with E-state index >= 15 is 0 Å². The molecule has 4 unspecified atom stereocenters. The maximum Gasteiger partial charge on any atom is 0.223 e. The molecule has 2 saturated carbocycles. The summed E-state index contributed by atoms with van der Waals surface area (Å²) >= 11 is 0. The molecule has 2 amide bonds. The van der Waals surface area contributed by atoms with Crippen LogP contribution in [-0.4, -0.2) is 35.6 Å². The quantitative estimate of drug-likeness (QED) is 0.657. The largest absolute Gasteiger partial charge is 0.391 e. The van der Waals surface area contributed by atoms with Crippen molar-refractivity contribution in [2.24, 2.45) is 11.8 Å². The van der Waals surface area contributed by atoms with Gasteiger partial charge in [-0.2, -0.15) is 0 Å². The van der Waals surface area contributed by atoms with Crippen LogP contribution in [0.25, 0.3) is 0 Å². The van der Waals surface area contributed by atoms with E-state index in [0.29, 0.717) is 12.5 Å². The van der Waals surface area contributed by atoms with E-state index in [1.54, 1.807) is 0 Å². The number of aliphatic hydroxyl groups is 1. The van der Waals surface area contributed by atoms with Crippen LogP contribution >= 0.6 is 0 Å². The molecule has 0 aromatic carbocycles. The number of carbonyl (C=O) groups excluding carboxylic acids is 2. The van der Waals surface area contributed by atoms with E-state index < -0.39 is 6.10 Å². The zero-order valence-corrected chi connectivity index (χ0v) is 12.2. The number of aliphatic hydroxyl groups excluding tert-OH is 1. The molecule has 4 atom stereocenters. The van der Waals surface area contributed by atoms with Gasteiger partial charge in [0.05, 0.1) is 12.1 Å². The average Bonchev–Trinajstić information content (AvgIpc) is 3.15. The molecule has 2 rings (SSSR count). The summed E-state index contributed by atoms with van der Waals surface area (Å²) in [5.41, 5.74) is 0. The average molecular weight is 282 g/mol. The molecule has 0 heterocycles. The number of hydrogen-bond acceptors (Lipinski definition) is 3. The van der Waals surface area contributed by atoms with Gasteiger partial charge in [0.1, 0.15) is 0 Å². The van der Waals surface area contributed by atoms with Gasteiger partial charge in [-0.25, -0.2) is 0 Å². The van der Waals surface area contributed by atoms with E-state index in [9.17, 15) is 14.7 Å². The zero-order valence-electron chi connectivity index (χ0n) is 12.2. The van der Waals surface area contributed by atoms with Crippen molar-refractivity contribution in [3.8, 4) is 0 Å². The van der Waals surface area contributed by atoms with Crippen molar-refractivity contribution in [2.45, 2.75) is 64.0 Å². The Bertz CT molecular complexity index is 359. The van der Waals surface area contributed by atoms with Crippen LogP contribution in [0.3, 0.4) is 0 Å². The molecule has 5 heteroatoms. The molecule has 2 fully saturated rings. The number of rotatable bonds is 5. The molecule has 2 aliphatic carbocycles. The van der Waals surface area contributed by atoms with E-state index in [2.05, 4.69) is 17.6 Å². The summed E-state index contributed by atoms with van der Waals surface area (Å²) in [6.07, 6.45) is 5.64. The Kier molecular flexibility index (Phi) is 5.40. The molecule has 0 aromatic rings. The lowest BCUT2D eigenvalue weighted by Crippen LogP contribution is -2.43. The van der Waals surface area contributed by atoms with Crippen molar-refractivity contribution in [1.82, 2.24) is 10.6 Å². The van der Waals surface area contributed by atoms with Crippen LogP contribution in [0.15, 0.2) is 0 Å². The third-order valence-electron chi connectivity index (χ3n) is 4.42. The molecular weight excluding hydrogens is 256 g/mol. The predicted octanol–water partition coefficient (Wildman–Crippen LogP) is 0.958. The molecule has 5 nitrogen and oxygen atoms in total. The van der Waals surface area contributed by atoms with Crippen LogP contribution in [-0.2, 0) is 9.59 Å². The van der Waals surface area contributed by atoms with Crippen LogP contribution in [0.1, 0.15) is 51.9 Å². The second-order valence-corrected chi connectivity index (χ2v) is 6.24. The highest BCUT2D eigenvalue weighted by Gasteiger charge is 2.38. The van der Waals surface area contributed by atoms with Crippen LogP contribution in [0, 0.1) is 11.8 Å². The molecule has 2 aliphatic rings. The fourth-order valence-electron chi connectivity index (χ4n) is 2.85. The van der Waals surface area contributed by atoms with Gasteiger partial charge >= 0.3 is 0 Å². The topological polar surface area (TPSA) is 78.4 Å². The number of carbonyl (C=O) groups is 2. The van der Waals surface area contributed by atoms with Gasteiger partial charge in [0.25, 0.3) is 0 Å². The summed E-state index contributed by atoms with van der Waals surface area (Å²) in [4.78, 5) is 23.4. The lowest BCUT2D eigenvalue weighted by Gasteiger charge is -2.21. The Hall–Kier alpha value is -1.10. The standard InChI is InChI=1S/C15H26N2O3/c1-10-9-11(10)15(20)16-8-7-14(19)17-12-5-3-2-4-6-13(12)18/h10-13,18H,2-9H2,1H3,(H,16,20)(H,17,19). The van der Waals surface area contributed by atoms with Crippen molar-refractivity contribution in [3.05, 3.63) is 0 Å². The first-order chi connectivity index (χ1) is 9.58. The van der Waals surface area contributed by atoms with Crippen molar-refractivity contribution in [2.75, 3.05) is 6.54 Å². The Labute approximate surface area is 120 Å². The summed E-state index contributed by atoms with van der Waals surface area (Å²) < 4.78 is 0. The number of amides is 2.